The van der Waals surface area contributed by atoms with Crippen molar-refractivity contribution in [2.24, 2.45) is 0 Å². The van der Waals surface area contributed by atoms with Gasteiger partial charge in [0.25, 0.3) is 5.89 Å². The van der Waals surface area contributed by atoms with Gasteiger partial charge in [-0.1, -0.05) is 5.16 Å². The Morgan fingerprint density at radius 2 is 1.67 bits per heavy atom. The Kier molecular flexibility index (Phi) is 5.06. The molecule has 0 unspecified atom stereocenters. The lowest BCUT2D eigenvalue weighted by molar-refractivity contribution is -0.144. The van der Waals surface area contributed by atoms with Crippen LogP contribution in [-0.2, 0) is 6.18 Å². The highest BCUT2D eigenvalue weighted by molar-refractivity contribution is 5.80. The number of hydrogen-bond acceptors (Lipinski definition) is 6. The third-order valence-electron chi connectivity index (χ3n) is 4.23. The number of rotatable bonds is 6. The van der Waals surface area contributed by atoms with Crippen LogP contribution in [0, 0.1) is 0 Å². The van der Waals surface area contributed by atoms with E-state index in [9.17, 15) is 13.2 Å². The summed E-state index contributed by atoms with van der Waals surface area (Å²) >= 11 is 0. The lowest BCUT2D eigenvalue weighted by Gasteiger charge is -2.11. The van der Waals surface area contributed by atoms with Gasteiger partial charge in [-0.3, -0.25) is 0 Å². The van der Waals surface area contributed by atoms with Gasteiger partial charge in [0.1, 0.15) is 0 Å². The van der Waals surface area contributed by atoms with Crippen LogP contribution in [-0.4, -0.2) is 33.3 Å². The van der Waals surface area contributed by atoms with Gasteiger partial charge in [0.2, 0.25) is 11.6 Å². The molecule has 0 bridgehead atoms. The highest BCUT2D eigenvalue weighted by Crippen LogP contribution is 2.34. The fraction of sp³-hybridized carbons (Fsp3) is 0.250. The van der Waals surface area contributed by atoms with Crippen LogP contribution in [0.4, 0.5) is 13.2 Å². The number of aromatic nitrogens is 4. The zero-order valence-electron chi connectivity index (χ0n) is 16.1. The Morgan fingerprint density at radius 1 is 0.933 bits per heavy atom. The van der Waals surface area contributed by atoms with Gasteiger partial charge in [0.15, 0.2) is 11.5 Å². The molecule has 0 spiro atoms. The first-order chi connectivity index (χ1) is 14.4. The van der Waals surface area contributed by atoms with Crippen molar-refractivity contribution in [3.8, 4) is 34.3 Å². The Morgan fingerprint density at radius 3 is 2.40 bits per heavy atom. The van der Waals surface area contributed by atoms with Crippen molar-refractivity contribution in [2.75, 3.05) is 13.2 Å². The van der Waals surface area contributed by atoms with Crippen molar-refractivity contribution in [1.82, 2.24) is 20.1 Å². The Hall–Kier alpha value is -3.56. The molecule has 0 aliphatic carbocycles. The normalized spacial score (nSPS) is 11.8. The van der Waals surface area contributed by atoms with Crippen molar-refractivity contribution in [3.63, 3.8) is 0 Å². The zero-order chi connectivity index (χ0) is 21.3. The molecule has 0 aliphatic heterocycles. The quantitative estimate of drug-likeness (QED) is 0.469. The standard InChI is InChI=1S/C20H17F3N4O3/c1-3-28-15-8-6-12(10-16(15)29-4-2)18-26-17(27-30-18)11-5-7-13-14(9-11)25-19(24-13)20(21,22)23/h5-10H,3-4H2,1-2H3,(H,24,25). The van der Waals surface area contributed by atoms with E-state index in [1.54, 1.807) is 24.3 Å². The minimum Gasteiger partial charge on any atom is -0.490 e. The van der Waals surface area contributed by atoms with Crippen LogP contribution in [0.2, 0.25) is 0 Å². The Balaban J connectivity index is 1.66. The van der Waals surface area contributed by atoms with Crippen LogP contribution in [0.5, 0.6) is 11.5 Å². The molecule has 0 saturated carbocycles. The number of fused-ring (bicyclic) bond motifs is 1. The first kappa shape index (κ1) is 19.7. The van der Waals surface area contributed by atoms with E-state index in [2.05, 4.69) is 20.1 Å². The van der Waals surface area contributed by atoms with Crippen molar-refractivity contribution >= 4 is 11.0 Å². The van der Waals surface area contributed by atoms with E-state index in [0.717, 1.165) is 0 Å². The predicted octanol–water partition coefficient (Wildman–Crippen LogP) is 5.10. The highest BCUT2D eigenvalue weighted by atomic mass is 19.4. The molecule has 4 aromatic rings. The molecule has 4 rings (SSSR count). The maximum Gasteiger partial charge on any atom is 0.449 e. The molecular weight excluding hydrogens is 401 g/mol. The van der Waals surface area contributed by atoms with Crippen molar-refractivity contribution in [3.05, 3.63) is 42.2 Å². The summed E-state index contributed by atoms with van der Waals surface area (Å²) in [5, 5.41) is 3.94. The van der Waals surface area contributed by atoms with E-state index in [4.69, 9.17) is 14.0 Å². The van der Waals surface area contributed by atoms with Crippen LogP contribution in [0.1, 0.15) is 19.7 Å². The second-order valence-corrected chi connectivity index (χ2v) is 6.27. The number of aromatic amines is 1. The number of nitrogens with zero attached hydrogens (tertiary/aromatic N) is 3. The summed E-state index contributed by atoms with van der Waals surface area (Å²) in [6.07, 6.45) is -4.55. The van der Waals surface area contributed by atoms with E-state index < -0.39 is 12.0 Å². The van der Waals surface area contributed by atoms with E-state index in [1.165, 1.54) is 12.1 Å². The first-order valence-corrected chi connectivity index (χ1v) is 9.20. The average Bonchev–Trinajstić information content (AvgIpc) is 3.36. The van der Waals surface area contributed by atoms with E-state index in [-0.39, 0.29) is 22.7 Å². The van der Waals surface area contributed by atoms with Crippen LogP contribution in [0.15, 0.2) is 40.9 Å². The third-order valence-corrected chi connectivity index (χ3v) is 4.23. The lowest BCUT2D eigenvalue weighted by atomic mass is 10.2. The topological polar surface area (TPSA) is 86.1 Å². The Bertz CT molecular complexity index is 1180. The number of H-pyrrole nitrogens is 1. The number of halogens is 3. The number of ether oxygens (including phenoxy) is 2. The number of nitrogens with one attached hydrogen (secondary N) is 1. The number of imidazole rings is 1. The SMILES string of the molecule is CCOc1ccc(-c2nc(-c3ccc4[nH]c(C(F)(F)F)nc4c3)no2)cc1OCC. The van der Waals surface area contributed by atoms with Gasteiger partial charge in [0, 0.05) is 11.1 Å². The van der Waals surface area contributed by atoms with Crippen molar-refractivity contribution < 1.29 is 27.2 Å². The molecule has 0 atom stereocenters. The summed E-state index contributed by atoms with van der Waals surface area (Å²) < 4.78 is 55.0. The van der Waals surface area contributed by atoms with Gasteiger partial charge in [-0.05, 0) is 50.2 Å². The molecule has 0 radical (unpaired) electrons. The zero-order valence-corrected chi connectivity index (χ0v) is 16.1. The molecule has 2 heterocycles. The predicted molar refractivity (Wildman–Crippen MR) is 102 cm³/mol. The average molecular weight is 418 g/mol. The van der Waals surface area contributed by atoms with Gasteiger partial charge in [0.05, 0.1) is 24.2 Å². The van der Waals surface area contributed by atoms with Gasteiger partial charge < -0.3 is 19.0 Å². The largest absolute Gasteiger partial charge is 0.490 e. The minimum atomic E-state index is -4.55. The highest BCUT2D eigenvalue weighted by Gasteiger charge is 2.34. The molecule has 156 valence electrons. The van der Waals surface area contributed by atoms with Crippen LogP contribution < -0.4 is 9.47 Å². The second kappa shape index (κ2) is 7.69. The third kappa shape index (κ3) is 3.80. The minimum absolute atomic E-state index is 0.158. The second-order valence-electron chi connectivity index (χ2n) is 6.27. The summed E-state index contributed by atoms with van der Waals surface area (Å²) in [5.74, 6) is 0.574. The number of benzene rings is 2. The molecule has 0 fully saturated rings. The molecule has 7 nitrogen and oxygen atoms in total. The summed E-state index contributed by atoms with van der Waals surface area (Å²) in [4.78, 5) is 10.2. The maximum absolute atomic E-state index is 12.9. The van der Waals surface area contributed by atoms with Crippen LogP contribution >= 0.6 is 0 Å². The molecule has 0 aliphatic rings. The maximum atomic E-state index is 12.9. The fourth-order valence-electron chi connectivity index (χ4n) is 2.92. The number of hydrogen-bond donors (Lipinski definition) is 1. The summed E-state index contributed by atoms with van der Waals surface area (Å²) in [7, 11) is 0. The molecular formula is C20H17F3N4O3. The molecule has 30 heavy (non-hydrogen) atoms. The fourth-order valence-corrected chi connectivity index (χ4v) is 2.92. The first-order valence-electron chi connectivity index (χ1n) is 9.20. The van der Waals surface area contributed by atoms with Gasteiger partial charge in [-0.2, -0.15) is 18.2 Å². The van der Waals surface area contributed by atoms with E-state index in [1.807, 2.05) is 13.8 Å². The van der Waals surface area contributed by atoms with Crippen molar-refractivity contribution in [1.29, 1.82) is 0 Å². The van der Waals surface area contributed by atoms with Gasteiger partial charge >= 0.3 is 6.18 Å². The molecule has 2 aromatic carbocycles. The molecule has 10 heteroatoms. The van der Waals surface area contributed by atoms with Crippen molar-refractivity contribution in [2.45, 2.75) is 20.0 Å². The summed E-state index contributed by atoms with van der Waals surface area (Å²) in [6, 6.07) is 9.81. The van der Waals surface area contributed by atoms with Gasteiger partial charge in [-0.15, -0.1) is 0 Å². The number of alkyl halides is 3. The van der Waals surface area contributed by atoms with E-state index in [0.29, 0.717) is 35.8 Å². The monoisotopic (exact) mass is 418 g/mol. The van der Waals surface area contributed by atoms with Crippen LogP contribution in [0.25, 0.3) is 33.9 Å². The van der Waals surface area contributed by atoms with E-state index >= 15 is 0 Å². The Labute approximate surface area is 168 Å². The lowest BCUT2D eigenvalue weighted by Crippen LogP contribution is -2.06. The summed E-state index contributed by atoms with van der Waals surface area (Å²) in [6.45, 7) is 4.70. The van der Waals surface area contributed by atoms with Gasteiger partial charge in [-0.25, -0.2) is 4.98 Å². The molecule has 0 saturated heterocycles. The molecule has 0 amide bonds. The smallest absolute Gasteiger partial charge is 0.449 e. The van der Waals surface area contributed by atoms with Crippen LogP contribution in [0.3, 0.4) is 0 Å². The molecule has 1 N–H and O–H groups in total. The molecule has 2 aromatic heterocycles. The summed E-state index contributed by atoms with van der Waals surface area (Å²) in [5.41, 5.74) is 1.53.